The molecule has 0 heterocycles. The first-order chi connectivity index (χ1) is 16.3. The maximum atomic E-state index is 12.2. The highest BCUT2D eigenvalue weighted by Gasteiger charge is 2.58. The third-order valence-corrected chi connectivity index (χ3v) is 11.1. The van der Waals surface area contributed by atoms with E-state index in [1.54, 1.807) is 5.57 Å². The van der Waals surface area contributed by atoms with Gasteiger partial charge in [-0.3, -0.25) is 4.79 Å². The Morgan fingerprint density at radius 1 is 1.06 bits per heavy atom. The summed E-state index contributed by atoms with van der Waals surface area (Å²) in [4.78, 5) is 12.2. The number of unbranched alkanes of at least 4 members (excludes halogenated alkanes) is 5. The van der Waals surface area contributed by atoms with Crippen LogP contribution in [0, 0.1) is 34.5 Å². The minimum atomic E-state index is -0.149. The molecule has 3 heteroatoms. The molecule has 3 fully saturated rings. The van der Waals surface area contributed by atoms with E-state index < -0.39 is 0 Å². The van der Waals surface area contributed by atoms with Gasteiger partial charge in [-0.25, -0.2) is 0 Å². The molecule has 34 heavy (non-hydrogen) atoms. The van der Waals surface area contributed by atoms with Crippen molar-refractivity contribution in [3.05, 3.63) is 11.6 Å². The number of carbonyl (C=O) groups excluding carboxylic acids is 1. The first-order valence-corrected chi connectivity index (χ1v) is 15.2. The average Bonchev–Trinajstić information content (AvgIpc) is 3.12. The predicted octanol–water partition coefficient (Wildman–Crippen LogP) is 9.25. The van der Waals surface area contributed by atoms with E-state index in [4.69, 9.17) is 16.3 Å². The standard InChI is InChI=1S/C31H51ClO2/c1-5-6-7-8-9-10-11-23-13-15-27-26-14-12-24-21-25(34-29(33)20-22(2)32)16-18-31(24,4)28(26)17-19-30(23,27)3/h12,22-23,25-28H,5-11,13-21H2,1-4H3/t22-,23-,25-,26-,27-,28-,30+,31-/m0/s1. The molecule has 3 saturated carbocycles. The van der Waals surface area contributed by atoms with E-state index in [-0.39, 0.29) is 17.5 Å². The van der Waals surface area contributed by atoms with Gasteiger partial charge in [-0.2, -0.15) is 0 Å². The Kier molecular flexibility index (Phi) is 8.80. The number of allylic oxidation sites excluding steroid dienone is 1. The van der Waals surface area contributed by atoms with Gasteiger partial charge in [0.15, 0.2) is 0 Å². The minimum absolute atomic E-state index is 0.0563. The Hall–Kier alpha value is -0.500. The summed E-state index contributed by atoms with van der Waals surface area (Å²) < 4.78 is 5.84. The largest absolute Gasteiger partial charge is 0.462 e. The van der Waals surface area contributed by atoms with Crippen LogP contribution < -0.4 is 0 Å². The molecule has 0 spiro atoms. The zero-order valence-corrected chi connectivity index (χ0v) is 23.3. The van der Waals surface area contributed by atoms with E-state index in [2.05, 4.69) is 26.8 Å². The van der Waals surface area contributed by atoms with Gasteiger partial charge in [0.25, 0.3) is 0 Å². The van der Waals surface area contributed by atoms with Crippen molar-refractivity contribution in [3.63, 3.8) is 0 Å². The summed E-state index contributed by atoms with van der Waals surface area (Å²) in [5, 5.41) is -0.149. The lowest BCUT2D eigenvalue weighted by Gasteiger charge is -2.58. The molecule has 0 aromatic rings. The van der Waals surface area contributed by atoms with Crippen molar-refractivity contribution in [2.24, 2.45) is 34.5 Å². The lowest BCUT2D eigenvalue weighted by Crippen LogP contribution is -2.50. The Morgan fingerprint density at radius 3 is 2.59 bits per heavy atom. The number of alkyl halides is 1. The summed E-state index contributed by atoms with van der Waals surface area (Å²) in [5.74, 6) is 3.46. The summed E-state index contributed by atoms with van der Waals surface area (Å²) in [6.45, 7) is 9.41. The van der Waals surface area contributed by atoms with Crippen LogP contribution in [0.5, 0.6) is 0 Å². The van der Waals surface area contributed by atoms with Crippen molar-refractivity contribution < 1.29 is 9.53 Å². The van der Waals surface area contributed by atoms with Crippen LogP contribution in [-0.4, -0.2) is 17.5 Å². The van der Waals surface area contributed by atoms with E-state index in [0.29, 0.717) is 17.3 Å². The van der Waals surface area contributed by atoms with Gasteiger partial charge >= 0.3 is 5.97 Å². The Morgan fingerprint density at radius 2 is 1.82 bits per heavy atom. The van der Waals surface area contributed by atoms with Crippen molar-refractivity contribution in [3.8, 4) is 0 Å². The molecule has 4 aliphatic carbocycles. The predicted molar refractivity (Wildman–Crippen MR) is 143 cm³/mol. The van der Waals surface area contributed by atoms with Gasteiger partial charge in [0.05, 0.1) is 6.42 Å². The first-order valence-electron chi connectivity index (χ1n) is 14.8. The highest BCUT2D eigenvalue weighted by molar-refractivity contribution is 6.21. The number of carbonyl (C=O) groups is 1. The molecular weight excluding hydrogens is 440 g/mol. The fourth-order valence-electron chi connectivity index (χ4n) is 8.95. The molecular formula is C31H51ClO2. The zero-order valence-electron chi connectivity index (χ0n) is 22.5. The monoisotopic (exact) mass is 490 g/mol. The Balaban J connectivity index is 1.36. The zero-order chi connectivity index (χ0) is 24.3. The number of esters is 1. The van der Waals surface area contributed by atoms with Crippen LogP contribution >= 0.6 is 11.6 Å². The molecule has 4 rings (SSSR count). The van der Waals surface area contributed by atoms with Gasteiger partial charge in [0.1, 0.15) is 6.10 Å². The molecule has 4 aliphatic rings. The Bertz CT molecular complexity index is 729. The fraction of sp³-hybridized carbons (Fsp3) is 0.903. The highest BCUT2D eigenvalue weighted by Crippen LogP contribution is 2.66. The molecule has 0 aromatic carbocycles. The summed E-state index contributed by atoms with van der Waals surface area (Å²) in [6.07, 6.45) is 23.2. The van der Waals surface area contributed by atoms with Crippen LogP contribution in [0.25, 0.3) is 0 Å². The van der Waals surface area contributed by atoms with Gasteiger partial charge < -0.3 is 4.74 Å². The van der Waals surface area contributed by atoms with Crippen molar-refractivity contribution in [1.29, 1.82) is 0 Å². The number of hydrogen-bond donors (Lipinski definition) is 0. The van der Waals surface area contributed by atoms with Gasteiger partial charge in [-0.15, -0.1) is 11.6 Å². The fourth-order valence-corrected chi connectivity index (χ4v) is 9.07. The topological polar surface area (TPSA) is 26.3 Å². The summed E-state index contributed by atoms with van der Waals surface area (Å²) in [5.41, 5.74) is 2.50. The molecule has 0 aliphatic heterocycles. The third-order valence-electron chi connectivity index (χ3n) is 10.9. The van der Waals surface area contributed by atoms with Crippen molar-refractivity contribution >= 4 is 17.6 Å². The van der Waals surface area contributed by atoms with Crippen LogP contribution in [0.3, 0.4) is 0 Å². The summed E-state index contributed by atoms with van der Waals surface area (Å²) >= 11 is 6.01. The second-order valence-corrected chi connectivity index (χ2v) is 13.7. The molecule has 0 unspecified atom stereocenters. The number of rotatable bonds is 10. The van der Waals surface area contributed by atoms with Crippen LogP contribution in [0.15, 0.2) is 11.6 Å². The van der Waals surface area contributed by atoms with Crippen molar-refractivity contribution in [1.82, 2.24) is 0 Å². The third kappa shape index (κ3) is 5.42. The number of halogens is 1. The van der Waals surface area contributed by atoms with Gasteiger partial charge in [-0.05, 0) is 92.8 Å². The van der Waals surface area contributed by atoms with E-state index in [1.807, 2.05) is 6.92 Å². The molecule has 0 amide bonds. The maximum absolute atomic E-state index is 12.2. The highest BCUT2D eigenvalue weighted by atomic mass is 35.5. The minimum Gasteiger partial charge on any atom is -0.462 e. The molecule has 0 bridgehead atoms. The molecule has 194 valence electrons. The van der Waals surface area contributed by atoms with E-state index in [9.17, 15) is 4.79 Å². The van der Waals surface area contributed by atoms with Gasteiger partial charge in [0.2, 0.25) is 0 Å². The summed E-state index contributed by atoms with van der Waals surface area (Å²) in [6, 6.07) is 0. The Labute approximate surface area is 215 Å². The second kappa shape index (κ2) is 11.3. The quantitative estimate of drug-likeness (QED) is 0.132. The molecule has 0 saturated heterocycles. The molecule has 2 nitrogen and oxygen atoms in total. The lowest BCUT2D eigenvalue weighted by molar-refractivity contribution is -0.151. The van der Waals surface area contributed by atoms with E-state index in [1.165, 1.54) is 83.5 Å². The van der Waals surface area contributed by atoms with Crippen LogP contribution in [0.4, 0.5) is 0 Å². The number of fused-ring (bicyclic) bond motifs is 5. The van der Waals surface area contributed by atoms with Crippen molar-refractivity contribution in [2.75, 3.05) is 0 Å². The van der Waals surface area contributed by atoms with Crippen molar-refractivity contribution in [2.45, 2.75) is 142 Å². The average molecular weight is 491 g/mol. The normalized spacial score (nSPS) is 40.0. The molecule has 0 N–H and O–H groups in total. The van der Waals surface area contributed by atoms with Gasteiger partial charge in [-0.1, -0.05) is 70.9 Å². The SMILES string of the molecule is CCCCCCCC[C@H]1CC[C@H]2[C@@H]3CC=C4C[C@@H](OC(=O)C[C@H](C)Cl)CC[C@]4(C)[C@H]3CC[C@]12C. The van der Waals surface area contributed by atoms with Crippen LogP contribution in [0.2, 0.25) is 0 Å². The lowest BCUT2D eigenvalue weighted by atomic mass is 9.47. The molecule has 8 atom stereocenters. The van der Waals surface area contributed by atoms with Crippen LogP contribution in [-0.2, 0) is 9.53 Å². The molecule has 0 aromatic heterocycles. The smallest absolute Gasteiger partial charge is 0.307 e. The van der Waals surface area contributed by atoms with E-state index >= 15 is 0 Å². The second-order valence-electron chi connectivity index (χ2n) is 13.0. The van der Waals surface area contributed by atoms with E-state index in [0.717, 1.165) is 36.5 Å². The first kappa shape index (κ1) is 26.6. The summed E-state index contributed by atoms with van der Waals surface area (Å²) in [7, 11) is 0. The van der Waals surface area contributed by atoms with Crippen LogP contribution in [0.1, 0.15) is 130 Å². The number of hydrogen-bond acceptors (Lipinski definition) is 2. The van der Waals surface area contributed by atoms with Gasteiger partial charge in [0, 0.05) is 11.8 Å². The molecule has 0 radical (unpaired) electrons. The maximum Gasteiger partial charge on any atom is 0.307 e. The number of ether oxygens (including phenoxy) is 1.